The highest BCUT2D eigenvalue weighted by atomic mass is 32.2. The van der Waals surface area contributed by atoms with Gasteiger partial charge in [-0.1, -0.05) is 6.92 Å². The molecule has 0 saturated carbocycles. The first kappa shape index (κ1) is 14.1. The summed E-state index contributed by atoms with van der Waals surface area (Å²) in [7, 11) is -3.66. The predicted octanol–water partition coefficient (Wildman–Crippen LogP) is 1.12. The molecule has 0 fully saturated rings. The normalized spacial score (nSPS) is 15.5. The van der Waals surface area contributed by atoms with Gasteiger partial charge in [-0.25, -0.2) is 17.5 Å². The quantitative estimate of drug-likeness (QED) is 0.834. The van der Waals surface area contributed by atoms with Crippen molar-refractivity contribution >= 4 is 10.0 Å². The number of sulfonamides is 1. The van der Waals surface area contributed by atoms with Gasteiger partial charge in [0.2, 0.25) is 10.0 Å². The average Bonchev–Trinajstić information content (AvgIpc) is 2.27. The van der Waals surface area contributed by atoms with E-state index in [1.165, 1.54) is 12.1 Å². The van der Waals surface area contributed by atoms with Crippen LogP contribution in [0, 0.1) is 11.7 Å². The highest BCUT2D eigenvalue weighted by molar-refractivity contribution is 7.89. The first-order valence-corrected chi connectivity index (χ1v) is 6.74. The molecule has 17 heavy (non-hydrogen) atoms. The Hall–Kier alpha value is -0.980. The van der Waals surface area contributed by atoms with Gasteiger partial charge in [0, 0.05) is 12.6 Å². The molecule has 96 valence electrons. The van der Waals surface area contributed by atoms with E-state index in [2.05, 4.69) is 4.72 Å². The molecule has 0 aliphatic rings. The molecule has 6 heteroatoms. The maximum atomic E-state index is 12.7. The average molecular weight is 261 g/mol. The zero-order valence-electron chi connectivity index (χ0n) is 9.72. The van der Waals surface area contributed by atoms with E-state index in [9.17, 15) is 12.8 Å². The topological polar surface area (TPSA) is 66.4 Å². The summed E-state index contributed by atoms with van der Waals surface area (Å²) in [5.74, 6) is -0.675. The van der Waals surface area contributed by atoms with Crippen LogP contribution in [0.4, 0.5) is 4.39 Å². The second-order valence-electron chi connectivity index (χ2n) is 4.02. The van der Waals surface area contributed by atoms with Crippen molar-refractivity contribution in [3.63, 3.8) is 0 Å². The van der Waals surface area contributed by atoms with Crippen molar-refractivity contribution < 1.29 is 17.9 Å². The van der Waals surface area contributed by atoms with Gasteiger partial charge in [0.25, 0.3) is 0 Å². The Labute approximate surface area is 101 Å². The summed E-state index contributed by atoms with van der Waals surface area (Å²) >= 11 is 0. The third kappa shape index (κ3) is 3.76. The molecule has 0 aromatic heterocycles. The van der Waals surface area contributed by atoms with Gasteiger partial charge in [0.15, 0.2) is 0 Å². The Balaban J connectivity index is 2.85. The van der Waals surface area contributed by atoms with E-state index >= 15 is 0 Å². The third-order valence-electron chi connectivity index (χ3n) is 2.61. The van der Waals surface area contributed by atoms with Crippen molar-refractivity contribution in [2.45, 2.75) is 24.8 Å². The zero-order valence-corrected chi connectivity index (χ0v) is 10.5. The van der Waals surface area contributed by atoms with Crippen molar-refractivity contribution in [1.82, 2.24) is 4.72 Å². The van der Waals surface area contributed by atoms with Gasteiger partial charge < -0.3 is 5.11 Å². The predicted molar refractivity (Wildman–Crippen MR) is 62.4 cm³/mol. The number of benzene rings is 1. The van der Waals surface area contributed by atoms with Gasteiger partial charge in [0.1, 0.15) is 5.82 Å². The number of halogens is 1. The molecule has 0 amide bonds. The minimum Gasteiger partial charge on any atom is -0.396 e. The minimum atomic E-state index is -3.66. The number of nitrogens with one attached hydrogen (secondary N) is 1. The number of hydrogen-bond acceptors (Lipinski definition) is 3. The summed E-state index contributed by atoms with van der Waals surface area (Å²) < 4.78 is 38.8. The lowest BCUT2D eigenvalue weighted by molar-refractivity contribution is 0.216. The number of rotatable bonds is 5. The molecule has 0 spiro atoms. The van der Waals surface area contributed by atoms with Crippen LogP contribution in [-0.2, 0) is 10.0 Å². The van der Waals surface area contributed by atoms with Crippen molar-refractivity contribution in [3.05, 3.63) is 30.1 Å². The Morgan fingerprint density at radius 3 is 2.29 bits per heavy atom. The van der Waals surface area contributed by atoms with E-state index in [0.717, 1.165) is 12.1 Å². The minimum absolute atomic E-state index is 0.0101. The van der Waals surface area contributed by atoms with Crippen LogP contribution in [0.5, 0.6) is 0 Å². The molecule has 2 unspecified atom stereocenters. The van der Waals surface area contributed by atoms with E-state index < -0.39 is 21.9 Å². The fourth-order valence-electron chi connectivity index (χ4n) is 1.20. The van der Waals surface area contributed by atoms with Crippen LogP contribution in [0.2, 0.25) is 0 Å². The molecule has 0 heterocycles. The molecular weight excluding hydrogens is 245 g/mol. The molecule has 4 nitrogen and oxygen atoms in total. The molecule has 0 saturated heterocycles. The van der Waals surface area contributed by atoms with E-state index in [4.69, 9.17) is 5.11 Å². The summed E-state index contributed by atoms with van der Waals surface area (Å²) in [6.45, 7) is 3.30. The maximum Gasteiger partial charge on any atom is 0.240 e. The lowest BCUT2D eigenvalue weighted by atomic mass is 10.1. The van der Waals surface area contributed by atoms with Crippen LogP contribution in [0.25, 0.3) is 0 Å². The highest BCUT2D eigenvalue weighted by Gasteiger charge is 2.20. The second kappa shape index (κ2) is 5.57. The SMILES string of the molecule is CC(CO)C(C)NS(=O)(=O)c1ccc(F)cc1. The van der Waals surface area contributed by atoms with Crippen LogP contribution in [-0.4, -0.2) is 26.2 Å². The lowest BCUT2D eigenvalue weighted by Crippen LogP contribution is -2.38. The van der Waals surface area contributed by atoms with Crippen LogP contribution in [0.1, 0.15) is 13.8 Å². The van der Waals surface area contributed by atoms with Gasteiger partial charge in [-0.15, -0.1) is 0 Å². The summed E-state index contributed by atoms with van der Waals surface area (Å²) in [5.41, 5.74) is 0. The molecular formula is C11H16FNO3S. The zero-order chi connectivity index (χ0) is 13.1. The van der Waals surface area contributed by atoms with Crippen molar-refractivity contribution in [2.75, 3.05) is 6.61 Å². The summed E-state index contributed by atoms with van der Waals surface area (Å²) in [5, 5.41) is 8.92. The van der Waals surface area contributed by atoms with Gasteiger partial charge in [-0.3, -0.25) is 0 Å². The van der Waals surface area contributed by atoms with Crippen LogP contribution in [0.3, 0.4) is 0 Å². The van der Waals surface area contributed by atoms with Crippen LogP contribution < -0.4 is 4.72 Å². The fraction of sp³-hybridized carbons (Fsp3) is 0.455. The monoisotopic (exact) mass is 261 g/mol. The number of hydrogen-bond donors (Lipinski definition) is 2. The Morgan fingerprint density at radius 1 is 1.29 bits per heavy atom. The van der Waals surface area contributed by atoms with Crippen LogP contribution in [0.15, 0.2) is 29.2 Å². The molecule has 2 atom stereocenters. The van der Waals surface area contributed by atoms with E-state index in [-0.39, 0.29) is 17.4 Å². The lowest BCUT2D eigenvalue weighted by Gasteiger charge is -2.19. The molecule has 1 aromatic carbocycles. The van der Waals surface area contributed by atoms with Gasteiger partial charge in [-0.2, -0.15) is 0 Å². The molecule has 0 aliphatic carbocycles. The Bertz CT molecular complexity index is 458. The standard InChI is InChI=1S/C11H16FNO3S/c1-8(7-14)9(2)13-17(15,16)11-5-3-10(12)4-6-11/h3-6,8-9,13-14H,7H2,1-2H3. The van der Waals surface area contributed by atoms with E-state index in [1.54, 1.807) is 13.8 Å². The number of aliphatic hydroxyl groups is 1. The van der Waals surface area contributed by atoms with Gasteiger partial charge >= 0.3 is 0 Å². The van der Waals surface area contributed by atoms with Gasteiger partial charge in [0.05, 0.1) is 4.90 Å². The molecule has 0 radical (unpaired) electrons. The maximum absolute atomic E-state index is 12.7. The first-order valence-electron chi connectivity index (χ1n) is 5.25. The third-order valence-corrected chi connectivity index (χ3v) is 4.18. The van der Waals surface area contributed by atoms with Crippen molar-refractivity contribution in [3.8, 4) is 0 Å². The summed E-state index contributed by atoms with van der Waals surface area (Å²) in [6.07, 6.45) is 0. The van der Waals surface area contributed by atoms with Crippen LogP contribution >= 0.6 is 0 Å². The smallest absolute Gasteiger partial charge is 0.240 e. The highest BCUT2D eigenvalue weighted by Crippen LogP contribution is 2.12. The second-order valence-corrected chi connectivity index (χ2v) is 5.74. The Kier molecular flexibility index (Phi) is 4.62. The van der Waals surface area contributed by atoms with Crippen molar-refractivity contribution in [2.24, 2.45) is 5.92 Å². The summed E-state index contributed by atoms with van der Waals surface area (Å²) in [4.78, 5) is 0.0101. The summed E-state index contributed by atoms with van der Waals surface area (Å²) in [6, 6.07) is 4.20. The van der Waals surface area contributed by atoms with Gasteiger partial charge in [-0.05, 0) is 37.1 Å². The van der Waals surface area contributed by atoms with E-state index in [0.29, 0.717) is 0 Å². The Morgan fingerprint density at radius 2 is 1.82 bits per heavy atom. The fourth-order valence-corrected chi connectivity index (χ4v) is 2.55. The molecule has 1 aromatic rings. The van der Waals surface area contributed by atoms with Crippen molar-refractivity contribution in [1.29, 1.82) is 0 Å². The number of aliphatic hydroxyl groups excluding tert-OH is 1. The van der Waals surface area contributed by atoms with E-state index in [1.807, 2.05) is 0 Å². The largest absolute Gasteiger partial charge is 0.396 e. The molecule has 2 N–H and O–H groups in total. The molecule has 0 aliphatic heterocycles. The molecule has 0 bridgehead atoms. The first-order chi connectivity index (χ1) is 7.86. The molecule has 1 rings (SSSR count).